The number of nitrogens with zero attached hydrogens (tertiary/aromatic N) is 4. The summed E-state index contributed by atoms with van der Waals surface area (Å²) in [7, 11) is 0. The van der Waals surface area contributed by atoms with Crippen LogP contribution in [0.15, 0.2) is 65.8 Å². The zero-order valence-corrected chi connectivity index (χ0v) is 25.3. The molecule has 0 spiro atoms. The maximum absolute atomic E-state index is 12.7. The molecule has 13 heteroatoms. The van der Waals surface area contributed by atoms with Crippen molar-refractivity contribution in [1.29, 1.82) is 0 Å². The van der Waals surface area contributed by atoms with Crippen LogP contribution in [0.4, 0.5) is 11.4 Å². The molecule has 0 aliphatic rings. The summed E-state index contributed by atoms with van der Waals surface area (Å²) in [6, 6.07) is 17.2. The minimum absolute atomic E-state index is 0.000899. The number of amides is 2. The summed E-state index contributed by atoms with van der Waals surface area (Å²) in [6.45, 7) is 6.29. The first-order chi connectivity index (χ1) is 19.9. The summed E-state index contributed by atoms with van der Waals surface area (Å²) >= 11 is 14.0. The number of rotatable bonds is 10. The van der Waals surface area contributed by atoms with Crippen molar-refractivity contribution in [3.05, 3.63) is 87.4 Å². The number of anilines is 2. The van der Waals surface area contributed by atoms with E-state index in [2.05, 4.69) is 46.9 Å². The van der Waals surface area contributed by atoms with Gasteiger partial charge in [0, 0.05) is 17.7 Å². The van der Waals surface area contributed by atoms with Gasteiger partial charge in [0.25, 0.3) is 5.91 Å². The molecule has 0 radical (unpaired) electrons. The van der Waals surface area contributed by atoms with Gasteiger partial charge in [-0.05, 0) is 75.9 Å². The number of carboxylic acids is 1. The Morgan fingerprint density at radius 2 is 1.69 bits per heavy atom. The fourth-order valence-electron chi connectivity index (χ4n) is 3.85. The van der Waals surface area contributed by atoms with Crippen molar-refractivity contribution >= 4 is 64.1 Å². The van der Waals surface area contributed by atoms with Gasteiger partial charge in [-0.25, -0.2) is 0 Å². The molecule has 1 heterocycles. The Labute approximate surface area is 256 Å². The molecule has 218 valence electrons. The van der Waals surface area contributed by atoms with Crippen molar-refractivity contribution in [2.45, 2.75) is 44.2 Å². The second-order valence-electron chi connectivity index (χ2n) is 10.4. The van der Waals surface area contributed by atoms with E-state index in [1.807, 2.05) is 18.2 Å². The summed E-state index contributed by atoms with van der Waals surface area (Å²) in [5, 5.41) is 27.2. The van der Waals surface area contributed by atoms with E-state index >= 15 is 0 Å². The Morgan fingerprint density at radius 3 is 2.33 bits per heavy atom. The highest BCUT2D eigenvalue weighted by molar-refractivity contribution is 7.99. The Balaban J connectivity index is 1.34. The van der Waals surface area contributed by atoms with Crippen LogP contribution < -0.4 is 10.6 Å². The normalized spacial score (nSPS) is 11.3. The van der Waals surface area contributed by atoms with Crippen LogP contribution in [0, 0.1) is 0 Å². The molecular weight excluding hydrogens is 599 g/mol. The number of aromatic nitrogens is 4. The van der Waals surface area contributed by atoms with E-state index < -0.39 is 5.97 Å². The first-order valence-corrected chi connectivity index (χ1v) is 14.6. The van der Waals surface area contributed by atoms with Gasteiger partial charge in [-0.1, -0.05) is 73.9 Å². The molecule has 0 saturated heterocycles. The van der Waals surface area contributed by atoms with Crippen molar-refractivity contribution in [3.63, 3.8) is 0 Å². The second-order valence-corrected chi connectivity index (χ2v) is 12.1. The predicted molar refractivity (Wildman–Crippen MR) is 164 cm³/mol. The van der Waals surface area contributed by atoms with Crippen molar-refractivity contribution in [2.75, 3.05) is 16.4 Å². The summed E-state index contributed by atoms with van der Waals surface area (Å²) in [5.41, 5.74) is 3.66. The Kier molecular flexibility index (Phi) is 9.87. The number of carbonyl (C=O) groups excluding carboxylic acids is 2. The van der Waals surface area contributed by atoms with E-state index in [1.165, 1.54) is 10.7 Å². The van der Waals surface area contributed by atoms with Crippen molar-refractivity contribution in [1.82, 2.24) is 20.2 Å². The van der Waals surface area contributed by atoms with E-state index in [9.17, 15) is 14.4 Å². The van der Waals surface area contributed by atoms with E-state index in [0.29, 0.717) is 39.2 Å². The standard InChI is InChI=1S/C29H28Cl2N6O4S/c1-29(2,3)19-8-12-24(22(31)15-19)37-28(34-35-36-37)42-16-25(38)33-23-11-7-18(14-21(23)30)27(41)32-20-9-4-17(5-10-20)6-13-26(39)40/h4-5,7-12,14-15H,6,13,16H2,1-3H3,(H,32,41)(H,33,38)(H,39,40). The average Bonchev–Trinajstić information content (AvgIpc) is 3.40. The van der Waals surface area contributed by atoms with E-state index in [-0.39, 0.29) is 34.4 Å². The van der Waals surface area contributed by atoms with Crippen LogP contribution in [0.2, 0.25) is 10.0 Å². The molecule has 2 amide bonds. The molecule has 0 saturated carbocycles. The highest BCUT2D eigenvalue weighted by Gasteiger charge is 2.19. The number of tetrazole rings is 1. The maximum atomic E-state index is 12.7. The van der Waals surface area contributed by atoms with Crippen LogP contribution >= 0.6 is 35.0 Å². The molecule has 4 rings (SSSR count). The molecule has 0 atom stereocenters. The van der Waals surface area contributed by atoms with E-state index in [4.69, 9.17) is 28.3 Å². The van der Waals surface area contributed by atoms with Crippen LogP contribution in [0.3, 0.4) is 0 Å². The van der Waals surface area contributed by atoms with Gasteiger partial charge in [0.15, 0.2) is 0 Å². The van der Waals surface area contributed by atoms with E-state index in [0.717, 1.165) is 22.9 Å². The summed E-state index contributed by atoms with van der Waals surface area (Å²) < 4.78 is 1.48. The number of aliphatic carboxylic acids is 1. The Bertz CT molecular complexity index is 1620. The quantitative estimate of drug-likeness (QED) is 0.175. The monoisotopic (exact) mass is 626 g/mol. The summed E-state index contributed by atoms with van der Waals surface area (Å²) in [6.07, 6.45) is 0.438. The molecule has 0 fully saturated rings. The highest BCUT2D eigenvalue weighted by atomic mass is 35.5. The highest BCUT2D eigenvalue weighted by Crippen LogP contribution is 2.30. The topological polar surface area (TPSA) is 139 Å². The van der Waals surface area contributed by atoms with Crippen LogP contribution in [0.5, 0.6) is 0 Å². The number of thioether (sulfide) groups is 1. The molecule has 42 heavy (non-hydrogen) atoms. The SMILES string of the molecule is CC(C)(C)c1ccc(-n2nnnc2SCC(=O)Nc2ccc(C(=O)Nc3ccc(CCC(=O)O)cc3)cc2Cl)c(Cl)c1. The van der Waals surface area contributed by atoms with Crippen molar-refractivity contribution < 1.29 is 19.5 Å². The minimum Gasteiger partial charge on any atom is -0.481 e. The number of halogens is 2. The first kappa shape index (κ1) is 31.0. The molecule has 0 unspecified atom stereocenters. The fraction of sp³-hybridized carbons (Fsp3) is 0.241. The lowest BCUT2D eigenvalue weighted by atomic mass is 9.87. The summed E-state index contributed by atoms with van der Waals surface area (Å²) in [5.74, 6) is -1.60. The molecule has 3 N–H and O–H groups in total. The third-order valence-electron chi connectivity index (χ3n) is 6.16. The molecule has 1 aromatic heterocycles. The molecule has 0 aliphatic carbocycles. The fourth-order valence-corrected chi connectivity index (χ4v) is 5.02. The van der Waals surface area contributed by atoms with Crippen LogP contribution in [0.25, 0.3) is 5.69 Å². The van der Waals surface area contributed by atoms with Gasteiger partial charge in [-0.2, -0.15) is 4.68 Å². The lowest BCUT2D eigenvalue weighted by Gasteiger charge is -2.20. The Hall–Kier alpha value is -3.93. The number of hydrogen-bond donors (Lipinski definition) is 3. The van der Waals surface area contributed by atoms with Gasteiger partial charge in [0.2, 0.25) is 11.1 Å². The maximum Gasteiger partial charge on any atom is 0.303 e. The number of nitrogens with one attached hydrogen (secondary N) is 2. The van der Waals surface area contributed by atoms with Crippen LogP contribution in [-0.4, -0.2) is 48.9 Å². The number of aryl methyl sites for hydroxylation is 1. The number of carbonyl (C=O) groups is 3. The zero-order valence-electron chi connectivity index (χ0n) is 23.0. The smallest absolute Gasteiger partial charge is 0.303 e. The van der Waals surface area contributed by atoms with Crippen LogP contribution in [-0.2, 0) is 21.4 Å². The van der Waals surface area contributed by atoms with Crippen molar-refractivity contribution in [2.24, 2.45) is 0 Å². The average molecular weight is 628 g/mol. The molecule has 3 aromatic carbocycles. The Morgan fingerprint density at radius 1 is 0.952 bits per heavy atom. The van der Waals surface area contributed by atoms with Gasteiger partial charge in [0.05, 0.1) is 27.2 Å². The first-order valence-electron chi connectivity index (χ1n) is 12.8. The molecule has 0 aliphatic heterocycles. The lowest BCUT2D eigenvalue weighted by molar-refractivity contribution is -0.137. The number of hydrogen-bond acceptors (Lipinski definition) is 7. The summed E-state index contributed by atoms with van der Waals surface area (Å²) in [4.78, 5) is 36.1. The van der Waals surface area contributed by atoms with Crippen molar-refractivity contribution in [3.8, 4) is 5.69 Å². The lowest BCUT2D eigenvalue weighted by Crippen LogP contribution is -2.16. The minimum atomic E-state index is -0.868. The molecule has 10 nitrogen and oxygen atoms in total. The van der Waals surface area contributed by atoms with Crippen LogP contribution in [0.1, 0.15) is 48.7 Å². The van der Waals surface area contributed by atoms with Gasteiger partial charge >= 0.3 is 5.97 Å². The molecule has 0 bridgehead atoms. The zero-order chi connectivity index (χ0) is 30.4. The largest absolute Gasteiger partial charge is 0.481 e. The van der Waals surface area contributed by atoms with Gasteiger partial charge in [-0.3, -0.25) is 14.4 Å². The number of carboxylic acid groups (broad SMARTS) is 1. The third kappa shape index (κ3) is 8.09. The molecule has 4 aromatic rings. The second kappa shape index (κ2) is 13.4. The van der Waals surface area contributed by atoms with Gasteiger partial charge in [0.1, 0.15) is 0 Å². The van der Waals surface area contributed by atoms with E-state index in [1.54, 1.807) is 36.4 Å². The number of benzene rings is 3. The predicted octanol–water partition coefficient (Wildman–Crippen LogP) is 6.27. The van der Waals surface area contributed by atoms with Gasteiger partial charge in [-0.15, -0.1) is 5.10 Å². The van der Waals surface area contributed by atoms with Gasteiger partial charge < -0.3 is 15.7 Å². The third-order valence-corrected chi connectivity index (χ3v) is 7.69. The molecular formula is C29H28Cl2N6O4S.